The highest BCUT2D eigenvalue weighted by atomic mass is 79.9. The molecule has 0 radical (unpaired) electrons. The molecule has 2 aromatic carbocycles. The summed E-state index contributed by atoms with van der Waals surface area (Å²) in [4.78, 5) is 10.3. The molecule has 0 aromatic heterocycles. The lowest BCUT2D eigenvalue weighted by Crippen LogP contribution is -1.92. The topological polar surface area (TPSA) is 76.2 Å². The molecule has 0 atom stereocenters. The molecular formula is C14H9BrN2O3. The third-order valence-corrected chi connectivity index (χ3v) is 3.01. The molecule has 2 rings (SSSR count). The zero-order valence-electron chi connectivity index (χ0n) is 10.5. The number of ether oxygens (including phenoxy) is 1. The molecule has 20 heavy (non-hydrogen) atoms. The zero-order valence-corrected chi connectivity index (χ0v) is 12.0. The van der Waals surface area contributed by atoms with Gasteiger partial charge in [0.15, 0.2) is 0 Å². The summed E-state index contributed by atoms with van der Waals surface area (Å²) in [6, 6.07) is 11.5. The molecule has 0 aliphatic rings. The third-order valence-electron chi connectivity index (χ3n) is 2.55. The summed E-state index contributed by atoms with van der Waals surface area (Å²) in [5, 5.41) is 19.8. The average molecular weight is 333 g/mol. The van der Waals surface area contributed by atoms with E-state index in [0.717, 1.165) is 5.56 Å². The van der Waals surface area contributed by atoms with Gasteiger partial charge in [0.1, 0.15) is 17.6 Å². The lowest BCUT2D eigenvalue weighted by Gasteiger charge is -2.08. The first-order valence-corrected chi connectivity index (χ1v) is 6.42. The Kier molecular flexibility index (Phi) is 4.01. The van der Waals surface area contributed by atoms with Crippen LogP contribution in [0.1, 0.15) is 11.1 Å². The van der Waals surface area contributed by atoms with Gasteiger partial charge in [-0.15, -0.1) is 0 Å². The van der Waals surface area contributed by atoms with Crippen LogP contribution >= 0.6 is 15.9 Å². The van der Waals surface area contributed by atoms with Gasteiger partial charge in [0.2, 0.25) is 0 Å². The van der Waals surface area contributed by atoms with Crippen molar-refractivity contribution in [3.8, 4) is 17.6 Å². The SMILES string of the molecule is Cc1ccc(C#N)c(Oc2cc(Br)cc([N+](=O)[O-])c2)c1. The number of nitriles is 1. The van der Waals surface area contributed by atoms with Crippen LogP contribution in [0, 0.1) is 28.4 Å². The third kappa shape index (κ3) is 3.13. The summed E-state index contributed by atoms with van der Waals surface area (Å²) in [5.74, 6) is 0.674. The van der Waals surface area contributed by atoms with Crippen molar-refractivity contribution in [2.45, 2.75) is 6.92 Å². The Balaban J connectivity index is 2.42. The van der Waals surface area contributed by atoms with Crippen molar-refractivity contribution in [3.05, 3.63) is 62.1 Å². The molecule has 2 aromatic rings. The number of nitro groups is 1. The molecule has 5 nitrogen and oxygen atoms in total. The molecular weight excluding hydrogens is 324 g/mol. The fourth-order valence-corrected chi connectivity index (χ4v) is 2.11. The van der Waals surface area contributed by atoms with Gasteiger partial charge in [0, 0.05) is 10.5 Å². The number of halogens is 1. The summed E-state index contributed by atoms with van der Waals surface area (Å²) < 4.78 is 6.13. The summed E-state index contributed by atoms with van der Waals surface area (Å²) in [5.41, 5.74) is 1.22. The normalized spacial score (nSPS) is 9.85. The van der Waals surface area contributed by atoms with Crippen molar-refractivity contribution in [1.29, 1.82) is 5.26 Å². The average Bonchev–Trinajstić information content (AvgIpc) is 2.38. The first-order chi connectivity index (χ1) is 9.49. The Bertz CT molecular complexity index is 723. The number of aryl methyl sites for hydroxylation is 1. The van der Waals surface area contributed by atoms with E-state index in [1.807, 2.05) is 13.0 Å². The minimum atomic E-state index is -0.501. The number of nitro benzene ring substituents is 1. The van der Waals surface area contributed by atoms with Crippen LogP contribution in [0.5, 0.6) is 11.5 Å². The summed E-state index contributed by atoms with van der Waals surface area (Å²) in [6.07, 6.45) is 0. The molecule has 0 unspecified atom stereocenters. The van der Waals surface area contributed by atoms with E-state index in [2.05, 4.69) is 15.9 Å². The molecule has 0 aliphatic carbocycles. The van der Waals surface area contributed by atoms with Gasteiger partial charge in [-0.2, -0.15) is 5.26 Å². The van der Waals surface area contributed by atoms with Gasteiger partial charge in [0.05, 0.1) is 16.6 Å². The van der Waals surface area contributed by atoms with Crippen LogP contribution in [0.4, 0.5) is 5.69 Å². The van der Waals surface area contributed by atoms with Crippen LogP contribution in [-0.2, 0) is 0 Å². The molecule has 100 valence electrons. The quantitative estimate of drug-likeness (QED) is 0.619. The summed E-state index contributed by atoms with van der Waals surface area (Å²) in [7, 11) is 0. The second-order valence-corrected chi connectivity index (χ2v) is 5.03. The predicted molar refractivity (Wildman–Crippen MR) is 76.8 cm³/mol. The Morgan fingerprint density at radius 3 is 2.70 bits per heavy atom. The molecule has 0 spiro atoms. The lowest BCUT2D eigenvalue weighted by atomic mass is 10.1. The maximum atomic E-state index is 10.8. The number of non-ortho nitro benzene ring substituents is 1. The fourth-order valence-electron chi connectivity index (χ4n) is 1.65. The molecule has 0 aliphatic heterocycles. The number of hydrogen-bond acceptors (Lipinski definition) is 4. The van der Waals surface area contributed by atoms with Gasteiger partial charge in [-0.3, -0.25) is 10.1 Å². The highest BCUT2D eigenvalue weighted by Gasteiger charge is 2.12. The van der Waals surface area contributed by atoms with Crippen molar-refractivity contribution < 1.29 is 9.66 Å². The van der Waals surface area contributed by atoms with Gasteiger partial charge >= 0.3 is 0 Å². The molecule has 0 bridgehead atoms. The Labute approximate surface area is 123 Å². The largest absolute Gasteiger partial charge is 0.456 e. The first kappa shape index (κ1) is 14.0. The molecule has 0 amide bonds. The summed E-state index contributed by atoms with van der Waals surface area (Å²) in [6.45, 7) is 1.87. The Morgan fingerprint density at radius 1 is 1.30 bits per heavy atom. The maximum absolute atomic E-state index is 10.8. The van der Waals surface area contributed by atoms with Gasteiger partial charge in [-0.05, 0) is 30.7 Å². The molecule has 0 N–H and O–H groups in total. The number of rotatable bonds is 3. The maximum Gasteiger partial charge on any atom is 0.274 e. The van der Waals surface area contributed by atoms with Gasteiger partial charge < -0.3 is 4.74 Å². The minimum Gasteiger partial charge on any atom is -0.456 e. The second kappa shape index (κ2) is 5.72. The van der Waals surface area contributed by atoms with E-state index >= 15 is 0 Å². The zero-order chi connectivity index (χ0) is 14.7. The van der Waals surface area contributed by atoms with Crippen LogP contribution in [-0.4, -0.2) is 4.92 Å². The second-order valence-electron chi connectivity index (χ2n) is 4.12. The van der Waals surface area contributed by atoms with E-state index in [1.54, 1.807) is 24.3 Å². The van der Waals surface area contributed by atoms with E-state index in [0.29, 0.717) is 21.5 Å². The minimum absolute atomic E-state index is 0.0828. The van der Waals surface area contributed by atoms with Crippen LogP contribution < -0.4 is 4.74 Å². The van der Waals surface area contributed by atoms with Crippen molar-refractivity contribution in [2.75, 3.05) is 0 Å². The number of hydrogen-bond donors (Lipinski definition) is 0. The molecule has 0 saturated carbocycles. The highest BCUT2D eigenvalue weighted by molar-refractivity contribution is 9.10. The highest BCUT2D eigenvalue weighted by Crippen LogP contribution is 2.31. The van der Waals surface area contributed by atoms with Gasteiger partial charge in [0.25, 0.3) is 5.69 Å². The van der Waals surface area contributed by atoms with E-state index in [-0.39, 0.29) is 5.69 Å². The van der Waals surface area contributed by atoms with Crippen molar-refractivity contribution in [3.63, 3.8) is 0 Å². The predicted octanol–water partition coefficient (Wildman–Crippen LogP) is 4.33. The van der Waals surface area contributed by atoms with Gasteiger partial charge in [-0.25, -0.2) is 0 Å². The van der Waals surface area contributed by atoms with Crippen molar-refractivity contribution in [1.82, 2.24) is 0 Å². The smallest absolute Gasteiger partial charge is 0.274 e. The summed E-state index contributed by atoms with van der Waals surface area (Å²) >= 11 is 3.20. The van der Waals surface area contributed by atoms with Crippen molar-refractivity contribution in [2.24, 2.45) is 0 Å². The number of nitrogens with zero attached hydrogens (tertiary/aromatic N) is 2. The van der Waals surface area contributed by atoms with Crippen molar-refractivity contribution >= 4 is 21.6 Å². The van der Waals surface area contributed by atoms with Gasteiger partial charge in [-0.1, -0.05) is 22.0 Å². The number of benzene rings is 2. The van der Waals surface area contributed by atoms with E-state index in [9.17, 15) is 10.1 Å². The van der Waals surface area contributed by atoms with E-state index in [4.69, 9.17) is 10.00 Å². The lowest BCUT2D eigenvalue weighted by molar-refractivity contribution is -0.385. The molecule has 0 heterocycles. The molecule has 6 heteroatoms. The first-order valence-electron chi connectivity index (χ1n) is 5.63. The van der Waals surface area contributed by atoms with Crippen LogP contribution in [0.15, 0.2) is 40.9 Å². The van der Waals surface area contributed by atoms with E-state index < -0.39 is 4.92 Å². The molecule has 0 saturated heterocycles. The Morgan fingerprint density at radius 2 is 2.05 bits per heavy atom. The van der Waals surface area contributed by atoms with Crippen LogP contribution in [0.25, 0.3) is 0 Å². The van der Waals surface area contributed by atoms with E-state index in [1.165, 1.54) is 12.1 Å². The molecule has 0 fully saturated rings. The monoisotopic (exact) mass is 332 g/mol. The fraction of sp³-hybridized carbons (Fsp3) is 0.0714. The standard InChI is InChI=1S/C14H9BrN2O3/c1-9-2-3-10(8-16)14(4-9)20-13-6-11(15)5-12(7-13)17(18)19/h2-7H,1H3. The van der Waals surface area contributed by atoms with Crippen LogP contribution in [0.2, 0.25) is 0 Å². The Hall–Kier alpha value is -2.39. The van der Waals surface area contributed by atoms with Crippen LogP contribution in [0.3, 0.4) is 0 Å².